The fourth-order valence-corrected chi connectivity index (χ4v) is 7.88. The first-order chi connectivity index (χ1) is 21.0. The topological polar surface area (TPSA) is 41.5 Å². The number of anilines is 1. The number of benzene rings is 5. The van der Waals surface area contributed by atoms with E-state index in [9.17, 15) is 13.9 Å². The highest BCUT2D eigenvalue weighted by atomic mass is 79.9. The van der Waals surface area contributed by atoms with Gasteiger partial charge in [0, 0.05) is 44.9 Å². The Morgan fingerprint density at radius 3 is 2.25 bits per heavy atom. The van der Waals surface area contributed by atoms with Crippen LogP contribution in [0.1, 0.15) is 41.7 Å². The first-order valence-corrected chi connectivity index (χ1v) is 15.0. The summed E-state index contributed by atoms with van der Waals surface area (Å²) >= 11 is 3.70. The summed E-state index contributed by atoms with van der Waals surface area (Å²) in [5.41, 5.74) is 4.88. The third-order valence-corrected chi connectivity index (χ3v) is 9.35. The van der Waals surface area contributed by atoms with Crippen molar-refractivity contribution < 1.29 is 23.0 Å². The third kappa shape index (κ3) is 4.22. The van der Waals surface area contributed by atoms with Gasteiger partial charge in [0.05, 0.1) is 12.0 Å². The molecule has 2 radical (unpaired) electrons. The highest BCUT2D eigenvalue weighted by Crippen LogP contribution is 2.59. The number of nitrogens with one attached hydrogen (secondary N) is 1. The van der Waals surface area contributed by atoms with E-state index in [0.29, 0.717) is 34.1 Å². The Labute approximate surface area is 262 Å². The zero-order valence-electron chi connectivity index (χ0n) is 23.9. The summed E-state index contributed by atoms with van der Waals surface area (Å²) in [6.07, 6.45) is 3.85. The molecular weight excluding hydrogens is 626 g/mol. The quantitative estimate of drug-likeness (QED) is 0.190. The smallest absolute Gasteiger partial charge is 0.178 e. The van der Waals surface area contributed by atoms with E-state index in [1.54, 1.807) is 12.1 Å². The molecule has 1 heterocycles. The van der Waals surface area contributed by atoms with E-state index in [0.717, 1.165) is 38.5 Å². The fraction of sp³-hybridized carbons (Fsp3) is 0.167. The maximum Gasteiger partial charge on any atom is 0.178 e. The molecule has 5 aromatic rings. The van der Waals surface area contributed by atoms with Crippen LogP contribution in [0.3, 0.4) is 0 Å². The predicted octanol–water partition coefficient (Wildman–Crippen LogP) is 7.87. The number of rotatable bonds is 5. The van der Waals surface area contributed by atoms with Gasteiger partial charge in [-0.15, -0.1) is 0 Å². The number of aliphatic hydroxyl groups excluding tert-OH is 1. The van der Waals surface area contributed by atoms with E-state index >= 15 is 4.39 Å². The second kappa shape index (κ2) is 10.3. The number of halogens is 4. The molecule has 1 aliphatic carbocycles. The lowest BCUT2D eigenvalue weighted by Gasteiger charge is -2.38. The van der Waals surface area contributed by atoms with Gasteiger partial charge in [0.15, 0.2) is 5.60 Å². The van der Waals surface area contributed by atoms with Crippen molar-refractivity contribution in [2.45, 2.75) is 24.9 Å². The van der Waals surface area contributed by atoms with Gasteiger partial charge in [0.2, 0.25) is 0 Å². The minimum Gasteiger partial charge on any atom is -0.472 e. The largest absolute Gasteiger partial charge is 0.472 e. The van der Waals surface area contributed by atoms with Crippen molar-refractivity contribution in [2.75, 3.05) is 18.5 Å². The summed E-state index contributed by atoms with van der Waals surface area (Å²) in [5.74, 6) is -1.58. The monoisotopic (exact) mass is 651 g/mol. The first kappa shape index (κ1) is 28.7. The standard InChI is InChI=1S/C36H26BBrF3NO2/c1-35(2)32-27(15-21(37)16-28(32)38)30-26-17-23(40)18-29(41)31(26)34-25(33(30)35)11-12-36(44-34,19-3-7-22(39)8-4-19)20-5-9-24(10-6-20)42-13-14-43/h3-12,15-18,42-43H,13-14H2,1-2H3. The minimum absolute atomic E-state index is 0.0170. The Hall–Kier alpha value is -4.01. The SMILES string of the molecule is [B]c1cc(Br)c2c(c1)-c1c(c3c(c4c(F)cc(F)cc14)OC(c1ccc(F)cc1)(c1ccc(NCCO)cc1)C=C3)C2(C)C. The van der Waals surface area contributed by atoms with Gasteiger partial charge in [-0.1, -0.05) is 77.7 Å². The van der Waals surface area contributed by atoms with Crippen LogP contribution in [0.25, 0.3) is 28.0 Å². The molecule has 2 aliphatic rings. The van der Waals surface area contributed by atoms with Crippen LogP contribution < -0.4 is 15.5 Å². The minimum atomic E-state index is -1.27. The molecule has 1 atom stereocenters. The third-order valence-electron chi connectivity index (χ3n) is 8.72. The molecule has 0 fully saturated rings. The van der Waals surface area contributed by atoms with Gasteiger partial charge in [-0.05, 0) is 64.0 Å². The van der Waals surface area contributed by atoms with Crippen LogP contribution in [0.2, 0.25) is 0 Å². The van der Waals surface area contributed by atoms with E-state index in [1.807, 2.05) is 48.6 Å². The second-order valence-corrected chi connectivity index (χ2v) is 12.6. The van der Waals surface area contributed by atoms with Crippen LogP contribution in [-0.4, -0.2) is 26.1 Å². The van der Waals surface area contributed by atoms with E-state index in [1.165, 1.54) is 18.2 Å². The molecule has 218 valence electrons. The maximum absolute atomic E-state index is 16.1. The average molecular weight is 652 g/mol. The molecule has 7 rings (SSSR count). The lowest BCUT2D eigenvalue weighted by molar-refractivity contribution is 0.163. The van der Waals surface area contributed by atoms with Crippen molar-refractivity contribution in [1.29, 1.82) is 0 Å². The molecule has 0 spiro atoms. The molecule has 5 aromatic carbocycles. The summed E-state index contributed by atoms with van der Waals surface area (Å²) in [6, 6.07) is 19.4. The number of aliphatic hydroxyl groups is 1. The van der Waals surface area contributed by atoms with Crippen LogP contribution in [0.15, 0.2) is 83.3 Å². The van der Waals surface area contributed by atoms with E-state index < -0.39 is 28.5 Å². The molecule has 0 saturated carbocycles. The molecule has 0 saturated heterocycles. The van der Waals surface area contributed by atoms with Crippen LogP contribution in [-0.2, 0) is 11.0 Å². The Kier molecular flexibility index (Phi) is 6.72. The zero-order valence-corrected chi connectivity index (χ0v) is 25.5. The summed E-state index contributed by atoms with van der Waals surface area (Å²) in [4.78, 5) is 0. The van der Waals surface area contributed by atoms with Crippen molar-refractivity contribution in [3.8, 4) is 16.9 Å². The van der Waals surface area contributed by atoms with E-state index in [2.05, 4.69) is 35.1 Å². The van der Waals surface area contributed by atoms with Gasteiger partial charge in [-0.2, -0.15) is 0 Å². The van der Waals surface area contributed by atoms with Gasteiger partial charge in [0.1, 0.15) is 31.0 Å². The lowest BCUT2D eigenvalue weighted by atomic mass is 9.76. The molecule has 0 bridgehead atoms. The highest BCUT2D eigenvalue weighted by Gasteiger charge is 2.45. The zero-order chi connectivity index (χ0) is 31.0. The van der Waals surface area contributed by atoms with Crippen molar-refractivity contribution in [1.82, 2.24) is 0 Å². The van der Waals surface area contributed by atoms with Crippen LogP contribution in [0.5, 0.6) is 5.75 Å². The number of ether oxygens (including phenoxy) is 1. The molecule has 8 heteroatoms. The Morgan fingerprint density at radius 2 is 1.57 bits per heavy atom. The molecule has 1 unspecified atom stereocenters. The summed E-state index contributed by atoms with van der Waals surface area (Å²) in [7, 11) is 6.27. The van der Waals surface area contributed by atoms with E-state index in [-0.39, 0.29) is 17.7 Å². The normalized spacial score (nSPS) is 17.6. The fourth-order valence-electron chi connectivity index (χ4n) is 6.90. The Morgan fingerprint density at radius 1 is 0.886 bits per heavy atom. The van der Waals surface area contributed by atoms with Crippen LogP contribution in [0.4, 0.5) is 18.9 Å². The second-order valence-electron chi connectivity index (χ2n) is 11.8. The summed E-state index contributed by atoms with van der Waals surface area (Å²) in [5, 5.41) is 12.9. The van der Waals surface area contributed by atoms with Crippen LogP contribution in [0, 0.1) is 17.5 Å². The van der Waals surface area contributed by atoms with Gasteiger partial charge < -0.3 is 15.2 Å². The molecule has 2 N–H and O–H groups in total. The molecular formula is C36H26BBrF3NO2. The Bertz CT molecular complexity index is 2010. The van der Waals surface area contributed by atoms with Crippen molar-refractivity contribution in [2.24, 2.45) is 0 Å². The Balaban J connectivity index is 1.54. The van der Waals surface area contributed by atoms with Gasteiger partial charge in [-0.25, -0.2) is 13.2 Å². The maximum atomic E-state index is 16.1. The molecule has 3 nitrogen and oxygen atoms in total. The average Bonchev–Trinajstić information content (AvgIpc) is 3.23. The van der Waals surface area contributed by atoms with Crippen LogP contribution >= 0.6 is 15.9 Å². The number of hydrogen-bond donors (Lipinski definition) is 2. The molecule has 0 amide bonds. The summed E-state index contributed by atoms with van der Waals surface area (Å²) in [6.45, 7) is 4.53. The molecule has 0 aromatic heterocycles. The number of fused-ring (bicyclic) bond motifs is 8. The van der Waals surface area contributed by atoms with Gasteiger partial charge in [0.25, 0.3) is 0 Å². The van der Waals surface area contributed by atoms with Gasteiger partial charge in [-0.3, -0.25) is 0 Å². The highest BCUT2D eigenvalue weighted by molar-refractivity contribution is 9.10. The lowest BCUT2D eigenvalue weighted by Crippen LogP contribution is -2.35. The van der Waals surface area contributed by atoms with E-state index in [4.69, 9.17) is 12.6 Å². The molecule has 44 heavy (non-hydrogen) atoms. The van der Waals surface area contributed by atoms with Crippen molar-refractivity contribution in [3.63, 3.8) is 0 Å². The number of hydrogen-bond acceptors (Lipinski definition) is 3. The molecule has 1 aliphatic heterocycles. The van der Waals surface area contributed by atoms with Crippen molar-refractivity contribution >= 4 is 51.8 Å². The summed E-state index contributed by atoms with van der Waals surface area (Å²) < 4.78 is 53.0. The predicted molar refractivity (Wildman–Crippen MR) is 173 cm³/mol. The van der Waals surface area contributed by atoms with Gasteiger partial charge >= 0.3 is 0 Å². The first-order valence-electron chi connectivity index (χ1n) is 14.2. The van der Waals surface area contributed by atoms with Crippen molar-refractivity contribution in [3.05, 3.63) is 129 Å².